The van der Waals surface area contributed by atoms with Gasteiger partial charge in [0.05, 0.1) is 6.26 Å². The summed E-state index contributed by atoms with van der Waals surface area (Å²) in [4.78, 5) is 28.2. The van der Waals surface area contributed by atoms with Gasteiger partial charge >= 0.3 is 0 Å². The minimum atomic E-state index is -0.0478. The van der Waals surface area contributed by atoms with Crippen molar-refractivity contribution in [3.8, 4) is 0 Å². The minimum absolute atomic E-state index is 0.0478. The molecule has 0 bridgehead atoms. The molecule has 7 nitrogen and oxygen atoms in total. The highest BCUT2D eigenvalue weighted by atomic mass is 16.3. The third kappa shape index (κ3) is 3.77. The van der Waals surface area contributed by atoms with Crippen LogP contribution < -0.4 is 9.80 Å². The number of anilines is 2. The second kappa shape index (κ2) is 7.98. The molecule has 0 spiro atoms. The van der Waals surface area contributed by atoms with Crippen LogP contribution in [0, 0.1) is 0 Å². The van der Waals surface area contributed by atoms with Crippen molar-refractivity contribution >= 4 is 17.7 Å². The van der Waals surface area contributed by atoms with Crippen LogP contribution in [0.5, 0.6) is 0 Å². The molecule has 4 heterocycles. The molecule has 2 aliphatic rings. The average molecular weight is 369 g/mol. The number of hydrogen-bond donors (Lipinski definition) is 0. The topological polar surface area (TPSA) is 65.7 Å². The van der Waals surface area contributed by atoms with Gasteiger partial charge in [0.2, 0.25) is 5.95 Å². The van der Waals surface area contributed by atoms with Gasteiger partial charge in [-0.2, -0.15) is 4.98 Å². The van der Waals surface area contributed by atoms with Gasteiger partial charge in [0.15, 0.2) is 5.76 Å². The number of piperidine rings is 1. The van der Waals surface area contributed by atoms with Crippen LogP contribution in [-0.4, -0.2) is 59.5 Å². The summed E-state index contributed by atoms with van der Waals surface area (Å²) in [6.07, 6.45) is 8.31. The third-order valence-electron chi connectivity index (χ3n) is 5.60. The molecule has 27 heavy (non-hydrogen) atoms. The molecule has 2 aliphatic heterocycles. The van der Waals surface area contributed by atoms with E-state index in [0.29, 0.717) is 24.9 Å². The number of rotatable bonds is 4. The van der Waals surface area contributed by atoms with Crippen molar-refractivity contribution in [2.24, 2.45) is 0 Å². The Bertz CT molecular complexity index is 755. The summed E-state index contributed by atoms with van der Waals surface area (Å²) in [5.74, 6) is 2.14. The van der Waals surface area contributed by atoms with Crippen molar-refractivity contribution in [1.29, 1.82) is 0 Å². The lowest BCUT2D eigenvalue weighted by Crippen LogP contribution is -2.49. The number of nitrogens with zero attached hydrogens (tertiary/aromatic N) is 5. The number of carbonyl (C=O) groups is 1. The Morgan fingerprint density at radius 2 is 2.04 bits per heavy atom. The summed E-state index contributed by atoms with van der Waals surface area (Å²) >= 11 is 0. The molecule has 0 aromatic carbocycles. The van der Waals surface area contributed by atoms with Gasteiger partial charge in [-0.15, -0.1) is 0 Å². The summed E-state index contributed by atoms with van der Waals surface area (Å²) in [5, 5.41) is 0. The first-order chi connectivity index (χ1) is 13.3. The Hall–Kier alpha value is -2.57. The summed E-state index contributed by atoms with van der Waals surface area (Å²) in [7, 11) is 0. The van der Waals surface area contributed by atoms with Crippen LogP contribution in [0.3, 0.4) is 0 Å². The highest BCUT2D eigenvalue weighted by Gasteiger charge is 2.26. The van der Waals surface area contributed by atoms with Crippen molar-refractivity contribution in [2.75, 3.05) is 42.5 Å². The Morgan fingerprint density at radius 1 is 1.19 bits per heavy atom. The quantitative estimate of drug-likeness (QED) is 0.826. The Labute approximate surface area is 160 Å². The first-order valence-electron chi connectivity index (χ1n) is 9.93. The lowest BCUT2D eigenvalue weighted by atomic mass is 10.0. The first kappa shape index (κ1) is 17.8. The van der Waals surface area contributed by atoms with E-state index in [1.54, 1.807) is 12.1 Å². The van der Waals surface area contributed by atoms with E-state index in [1.165, 1.54) is 25.5 Å². The lowest BCUT2D eigenvalue weighted by molar-refractivity contribution is 0.0714. The number of carbonyl (C=O) groups excluding carboxylic acids is 1. The fourth-order valence-electron chi connectivity index (χ4n) is 4.04. The summed E-state index contributed by atoms with van der Waals surface area (Å²) in [5.41, 5.74) is 0. The minimum Gasteiger partial charge on any atom is -0.459 e. The van der Waals surface area contributed by atoms with Crippen LogP contribution in [0.4, 0.5) is 11.8 Å². The molecule has 2 fully saturated rings. The molecular formula is C20H27N5O2. The highest BCUT2D eigenvalue weighted by molar-refractivity contribution is 5.91. The maximum absolute atomic E-state index is 12.4. The van der Waals surface area contributed by atoms with Crippen molar-refractivity contribution < 1.29 is 9.21 Å². The van der Waals surface area contributed by atoms with Crippen LogP contribution in [0.25, 0.3) is 0 Å². The van der Waals surface area contributed by atoms with Crippen LogP contribution in [0.2, 0.25) is 0 Å². The lowest BCUT2D eigenvalue weighted by Gasteiger charge is -2.37. The van der Waals surface area contributed by atoms with E-state index in [-0.39, 0.29) is 5.91 Å². The predicted octanol–water partition coefficient (Wildman–Crippen LogP) is 2.80. The van der Waals surface area contributed by atoms with Gasteiger partial charge in [-0.25, -0.2) is 4.98 Å². The maximum Gasteiger partial charge on any atom is 0.289 e. The van der Waals surface area contributed by atoms with Gasteiger partial charge in [-0.05, 0) is 43.9 Å². The van der Waals surface area contributed by atoms with E-state index >= 15 is 0 Å². The molecule has 0 saturated carbocycles. The van der Waals surface area contributed by atoms with Crippen molar-refractivity contribution in [3.05, 3.63) is 36.4 Å². The number of furan rings is 1. The van der Waals surface area contributed by atoms with Crippen molar-refractivity contribution in [1.82, 2.24) is 14.9 Å². The fraction of sp³-hybridized carbons (Fsp3) is 0.550. The van der Waals surface area contributed by atoms with Crippen molar-refractivity contribution in [3.63, 3.8) is 0 Å². The normalized spacial score (nSPS) is 20.8. The molecule has 2 aromatic rings. The molecular weight excluding hydrogens is 342 g/mol. The van der Waals surface area contributed by atoms with Crippen LogP contribution in [0.15, 0.2) is 35.1 Å². The number of piperazine rings is 1. The highest BCUT2D eigenvalue weighted by Crippen LogP contribution is 2.26. The monoisotopic (exact) mass is 369 g/mol. The molecule has 0 aliphatic carbocycles. The van der Waals surface area contributed by atoms with Crippen LogP contribution in [-0.2, 0) is 0 Å². The molecule has 2 saturated heterocycles. The van der Waals surface area contributed by atoms with E-state index < -0.39 is 0 Å². The number of amides is 1. The summed E-state index contributed by atoms with van der Waals surface area (Å²) < 4.78 is 5.23. The fourth-order valence-corrected chi connectivity index (χ4v) is 4.04. The van der Waals surface area contributed by atoms with Crippen LogP contribution in [0.1, 0.15) is 43.2 Å². The van der Waals surface area contributed by atoms with Gasteiger partial charge in [0, 0.05) is 45.0 Å². The van der Waals surface area contributed by atoms with E-state index in [4.69, 9.17) is 9.40 Å². The smallest absolute Gasteiger partial charge is 0.289 e. The standard InChI is InChI=1S/C20H27N5O2/c1-2-16-6-3-4-10-25(16)18-8-9-21-20(22-18)24-13-11-23(12-14-24)19(26)17-7-5-15-27-17/h5,7-9,15-16H,2-4,6,10-14H2,1H3. The zero-order valence-corrected chi connectivity index (χ0v) is 15.9. The predicted molar refractivity (Wildman–Crippen MR) is 104 cm³/mol. The third-order valence-corrected chi connectivity index (χ3v) is 5.60. The second-order valence-electron chi connectivity index (χ2n) is 7.22. The van der Waals surface area contributed by atoms with Gasteiger partial charge in [-0.3, -0.25) is 4.79 Å². The van der Waals surface area contributed by atoms with Gasteiger partial charge in [0.25, 0.3) is 5.91 Å². The Morgan fingerprint density at radius 3 is 2.78 bits per heavy atom. The molecule has 1 unspecified atom stereocenters. The maximum atomic E-state index is 12.4. The van der Waals surface area contributed by atoms with E-state index in [0.717, 1.165) is 37.8 Å². The van der Waals surface area contributed by atoms with Gasteiger partial charge in [0.1, 0.15) is 5.82 Å². The average Bonchev–Trinajstić information content (AvgIpc) is 3.28. The van der Waals surface area contributed by atoms with Gasteiger partial charge < -0.3 is 19.1 Å². The SMILES string of the molecule is CCC1CCCCN1c1ccnc(N2CCN(C(=O)c3ccco3)CC2)n1. The van der Waals surface area contributed by atoms with E-state index in [2.05, 4.69) is 21.7 Å². The molecule has 1 atom stereocenters. The van der Waals surface area contributed by atoms with E-state index in [9.17, 15) is 4.79 Å². The molecule has 0 radical (unpaired) electrons. The summed E-state index contributed by atoms with van der Waals surface area (Å²) in [6, 6.07) is 6.05. The Kier molecular flexibility index (Phi) is 5.27. The molecule has 7 heteroatoms. The molecule has 144 valence electrons. The van der Waals surface area contributed by atoms with Crippen molar-refractivity contribution in [2.45, 2.75) is 38.6 Å². The second-order valence-corrected chi connectivity index (χ2v) is 7.22. The summed E-state index contributed by atoms with van der Waals surface area (Å²) in [6.45, 7) is 6.07. The van der Waals surface area contributed by atoms with Crippen LogP contribution >= 0.6 is 0 Å². The zero-order valence-electron chi connectivity index (χ0n) is 15.9. The largest absolute Gasteiger partial charge is 0.459 e. The van der Waals surface area contributed by atoms with Gasteiger partial charge in [-0.1, -0.05) is 6.92 Å². The first-order valence-corrected chi connectivity index (χ1v) is 9.93. The number of hydrogen-bond acceptors (Lipinski definition) is 6. The molecule has 4 rings (SSSR count). The Balaban J connectivity index is 1.42. The molecule has 0 N–H and O–H groups in total. The molecule has 1 amide bonds. The number of aromatic nitrogens is 2. The molecule has 2 aromatic heterocycles. The van der Waals surface area contributed by atoms with E-state index in [1.807, 2.05) is 17.2 Å². The zero-order chi connectivity index (χ0) is 18.6.